The second kappa shape index (κ2) is 4.73. The van der Waals surface area contributed by atoms with Gasteiger partial charge in [0.1, 0.15) is 0 Å². The highest BCUT2D eigenvalue weighted by Gasteiger charge is 2.11. The highest BCUT2D eigenvalue weighted by molar-refractivity contribution is 5.84. The number of para-hydroxylation sites is 1. The molecule has 0 N–H and O–H groups in total. The first-order valence-electron chi connectivity index (χ1n) is 5.70. The molecule has 0 saturated carbocycles. The van der Waals surface area contributed by atoms with Crippen molar-refractivity contribution < 1.29 is 0 Å². The molecule has 0 fully saturated rings. The molecule has 88 valence electrons. The molecule has 0 aliphatic carbocycles. The summed E-state index contributed by atoms with van der Waals surface area (Å²) < 4.78 is 2.37. The van der Waals surface area contributed by atoms with E-state index >= 15 is 0 Å². The van der Waals surface area contributed by atoms with Crippen LogP contribution in [0.15, 0.2) is 30.5 Å². The summed E-state index contributed by atoms with van der Waals surface area (Å²) in [4.78, 5) is 0. The monoisotopic (exact) mass is 217 g/mol. The Morgan fingerprint density at radius 1 is 1.00 bits per heavy atom. The first kappa shape index (κ1) is 12.8. The molecule has 0 atom stereocenters. The van der Waals surface area contributed by atoms with E-state index in [2.05, 4.69) is 62.7 Å². The molecule has 1 aromatic carbocycles. The Labute approximate surface area is 99.1 Å². The number of nitrogens with zero attached hydrogens (tertiary/aromatic N) is 1. The van der Waals surface area contributed by atoms with Gasteiger partial charge in [0.05, 0.1) is 0 Å². The summed E-state index contributed by atoms with van der Waals surface area (Å²) in [6.45, 7) is 8.98. The van der Waals surface area contributed by atoms with Crippen LogP contribution in [0.5, 0.6) is 0 Å². The smallest absolute Gasteiger partial charge is 0.0485 e. The van der Waals surface area contributed by atoms with Crippen LogP contribution in [-0.2, 0) is 0 Å². The van der Waals surface area contributed by atoms with Crippen LogP contribution < -0.4 is 0 Å². The fourth-order valence-electron chi connectivity index (χ4n) is 2.12. The van der Waals surface area contributed by atoms with Crippen LogP contribution in [0.4, 0.5) is 0 Å². The van der Waals surface area contributed by atoms with Gasteiger partial charge in [-0.3, -0.25) is 0 Å². The number of hydrogen-bond acceptors (Lipinski definition) is 0. The van der Waals surface area contributed by atoms with E-state index in [4.69, 9.17) is 0 Å². The van der Waals surface area contributed by atoms with Gasteiger partial charge in [0.25, 0.3) is 0 Å². The van der Waals surface area contributed by atoms with Gasteiger partial charge in [-0.25, -0.2) is 0 Å². The highest BCUT2D eigenvalue weighted by Crippen LogP contribution is 2.29. The fourth-order valence-corrected chi connectivity index (χ4v) is 2.12. The van der Waals surface area contributed by atoms with Crippen molar-refractivity contribution in [2.45, 2.75) is 47.1 Å². The van der Waals surface area contributed by atoms with Crippen molar-refractivity contribution in [1.29, 1.82) is 0 Å². The predicted octanol–water partition coefficient (Wildman–Crippen LogP) is 4.98. The van der Waals surface area contributed by atoms with Crippen LogP contribution in [0.25, 0.3) is 10.9 Å². The van der Waals surface area contributed by atoms with E-state index in [-0.39, 0.29) is 7.43 Å². The van der Waals surface area contributed by atoms with E-state index in [0.717, 1.165) is 0 Å². The Morgan fingerprint density at radius 3 is 2.19 bits per heavy atom. The summed E-state index contributed by atoms with van der Waals surface area (Å²) in [5, 5.41) is 1.40. The van der Waals surface area contributed by atoms with Crippen LogP contribution in [0, 0.1) is 0 Å². The number of benzene rings is 1. The first-order valence-corrected chi connectivity index (χ1v) is 5.70. The lowest BCUT2D eigenvalue weighted by Gasteiger charge is -2.08. The molecule has 0 unspecified atom stereocenters. The largest absolute Gasteiger partial charge is 0.345 e. The fraction of sp³-hybridized carbons (Fsp3) is 0.467. The maximum absolute atomic E-state index is 2.37. The summed E-state index contributed by atoms with van der Waals surface area (Å²) in [6, 6.07) is 9.21. The molecule has 0 amide bonds. The standard InChI is InChI=1S/C14H19N.CH4/c1-10(2)13-9-15(11(3)4)14-8-6-5-7-12(13)14;/h5-11H,1-4H3;1H4. The minimum atomic E-state index is 0. The van der Waals surface area contributed by atoms with E-state index in [1.807, 2.05) is 0 Å². The average molecular weight is 217 g/mol. The van der Waals surface area contributed by atoms with Crippen molar-refractivity contribution in [3.8, 4) is 0 Å². The van der Waals surface area contributed by atoms with Crippen molar-refractivity contribution in [1.82, 2.24) is 4.57 Å². The molecule has 1 aromatic heterocycles. The van der Waals surface area contributed by atoms with Gasteiger partial charge >= 0.3 is 0 Å². The Balaban J connectivity index is 0.00000128. The van der Waals surface area contributed by atoms with E-state index < -0.39 is 0 Å². The topological polar surface area (TPSA) is 4.93 Å². The van der Waals surface area contributed by atoms with Gasteiger partial charge in [-0.05, 0) is 31.4 Å². The summed E-state index contributed by atoms with van der Waals surface area (Å²) in [5.74, 6) is 0.592. The van der Waals surface area contributed by atoms with Crippen LogP contribution in [-0.4, -0.2) is 4.57 Å². The summed E-state index contributed by atoms with van der Waals surface area (Å²) in [6.07, 6.45) is 2.31. The Kier molecular flexibility index (Phi) is 3.79. The Hall–Kier alpha value is -1.24. The third-order valence-corrected chi connectivity index (χ3v) is 2.95. The summed E-state index contributed by atoms with van der Waals surface area (Å²) >= 11 is 0. The van der Waals surface area contributed by atoms with Gasteiger partial charge in [-0.2, -0.15) is 0 Å². The molecule has 0 aliphatic rings. The van der Waals surface area contributed by atoms with Gasteiger partial charge in [0, 0.05) is 23.1 Å². The zero-order valence-electron chi connectivity index (χ0n) is 9.99. The SMILES string of the molecule is C.CC(C)c1cn(C(C)C)c2ccccc12. The van der Waals surface area contributed by atoms with Crippen LogP contribution in [0.2, 0.25) is 0 Å². The number of aromatic nitrogens is 1. The third-order valence-electron chi connectivity index (χ3n) is 2.95. The molecule has 0 radical (unpaired) electrons. The molecule has 1 heterocycles. The van der Waals surface area contributed by atoms with Gasteiger partial charge in [-0.1, -0.05) is 39.5 Å². The molecule has 2 aromatic rings. The second-order valence-electron chi connectivity index (χ2n) is 4.76. The highest BCUT2D eigenvalue weighted by atomic mass is 15.0. The molecule has 1 heteroatoms. The zero-order chi connectivity index (χ0) is 11.0. The lowest BCUT2D eigenvalue weighted by molar-refractivity contribution is 0.619. The van der Waals surface area contributed by atoms with Crippen molar-refractivity contribution >= 4 is 10.9 Å². The molecular weight excluding hydrogens is 194 g/mol. The number of fused-ring (bicyclic) bond motifs is 1. The van der Waals surface area contributed by atoms with Gasteiger partial charge < -0.3 is 4.57 Å². The quantitative estimate of drug-likeness (QED) is 0.668. The minimum Gasteiger partial charge on any atom is -0.345 e. The van der Waals surface area contributed by atoms with Crippen molar-refractivity contribution in [2.75, 3.05) is 0 Å². The summed E-state index contributed by atoms with van der Waals surface area (Å²) in [7, 11) is 0. The lowest BCUT2D eigenvalue weighted by atomic mass is 10.0. The molecule has 0 spiro atoms. The molecular formula is C15H23N. The molecule has 0 bridgehead atoms. The van der Waals surface area contributed by atoms with E-state index in [0.29, 0.717) is 12.0 Å². The molecule has 2 rings (SSSR count). The number of hydrogen-bond donors (Lipinski definition) is 0. The van der Waals surface area contributed by atoms with Crippen LogP contribution in [0.3, 0.4) is 0 Å². The Bertz CT molecular complexity index is 421. The normalized spacial score (nSPS) is 11.1. The van der Waals surface area contributed by atoms with Crippen molar-refractivity contribution in [2.24, 2.45) is 0 Å². The van der Waals surface area contributed by atoms with Crippen molar-refractivity contribution in [3.63, 3.8) is 0 Å². The van der Waals surface area contributed by atoms with E-state index in [9.17, 15) is 0 Å². The van der Waals surface area contributed by atoms with Crippen LogP contribution in [0.1, 0.15) is 52.6 Å². The summed E-state index contributed by atoms with van der Waals surface area (Å²) in [5.41, 5.74) is 2.82. The minimum absolute atomic E-state index is 0. The second-order valence-corrected chi connectivity index (χ2v) is 4.76. The molecule has 0 saturated heterocycles. The number of rotatable bonds is 2. The van der Waals surface area contributed by atoms with E-state index in [1.54, 1.807) is 0 Å². The lowest BCUT2D eigenvalue weighted by Crippen LogP contribution is -1.97. The first-order chi connectivity index (χ1) is 7.11. The van der Waals surface area contributed by atoms with Gasteiger partial charge in [0.15, 0.2) is 0 Å². The van der Waals surface area contributed by atoms with Gasteiger partial charge in [0.2, 0.25) is 0 Å². The van der Waals surface area contributed by atoms with E-state index in [1.165, 1.54) is 16.5 Å². The predicted molar refractivity (Wildman–Crippen MR) is 73.1 cm³/mol. The maximum atomic E-state index is 2.37. The average Bonchev–Trinajstić information content (AvgIpc) is 2.56. The Morgan fingerprint density at radius 2 is 1.62 bits per heavy atom. The van der Waals surface area contributed by atoms with Crippen molar-refractivity contribution in [3.05, 3.63) is 36.0 Å². The molecule has 16 heavy (non-hydrogen) atoms. The molecule has 0 aliphatic heterocycles. The molecule has 1 nitrogen and oxygen atoms in total. The maximum Gasteiger partial charge on any atom is 0.0485 e. The van der Waals surface area contributed by atoms with Crippen LogP contribution >= 0.6 is 0 Å². The van der Waals surface area contributed by atoms with Gasteiger partial charge in [-0.15, -0.1) is 0 Å². The zero-order valence-corrected chi connectivity index (χ0v) is 9.99. The third kappa shape index (κ3) is 1.99.